The second-order valence-corrected chi connectivity index (χ2v) is 5.28. The zero-order valence-corrected chi connectivity index (χ0v) is 12.8. The van der Waals surface area contributed by atoms with Crippen molar-refractivity contribution in [1.82, 2.24) is 4.98 Å². The van der Waals surface area contributed by atoms with Crippen LogP contribution >= 0.6 is 0 Å². The van der Waals surface area contributed by atoms with E-state index in [9.17, 15) is 0 Å². The van der Waals surface area contributed by atoms with Crippen molar-refractivity contribution in [2.45, 2.75) is 34.2 Å². The van der Waals surface area contributed by atoms with Crippen LogP contribution in [0.2, 0.25) is 0 Å². The molecule has 0 saturated carbocycles. The van der Waals surface area contributed by atoms with E-state index in [-0.39, 0.29) is 0 Å². The minimum Gasteiger partial charge on any atom is -0.398 e. The SMILES string of the molecule is CCN(Cc1ncc(C)c(N)c1C)c1cccc(C)c1. The second kappa shape index (κ2) is 5.95. The number of hydrogen-bond acceptors (Lipinski definition) is 3. The molecule has 0 atom stereocenters. The number of aryl methyl sites for hydroxylation is 2. The Labute approximate surface area is 121 Å². The van der Waals surface area contributed by atoms with Crippen molar-refractivity contribution in [3.8, 4) is 0 Å². The minimum absolute atomic E-state index is 0.788. The number of hydrogen-bond donors (Lipinski definition) is 1. The molecular weight excluding hydrogens is 246 g/mol. The molecule has 3 heteroatoms. The van der Waals surface area contributed by atoms with E-state index in [2.05, 4.69) is 54.9 Å². The lowest BCUT2D eigenvalue weighted by Crippen LogP contribution is -2.23. The lowest BCUT2D eigenvalue weighted by atomic mass is 10.1. The molecule has 0 fully saturated rings. The molecule has 2 aromatic rings. The van der Waals surface area contributed by atoms with Crippen molar-refractivity contribution in [3.63, 3.8) is 0 Å². The third kappa shape index (κ3) is 2.93. The smallest absolute Gasteiger partial charge is 0.0646 e. The predicted octanol–water partition coefficient (Wildman–Crippen LogP) is 3.62. The summed E-state index contributed by atoms with van der Waals surface area (Å²) in [4.78, 5) is 6.87. The Morgan fingerprint density at radius 3 is 2.60 bits per heavy atom. The Kier molecular flexibility index (Phi) is 4.28. The molecule has 20 heavy (non-hydrogen) atoms. The molecule has 0 aliphatic heterocycles. The predicted molar refractivity (Wildman–Crippen MR) is 86.0 cm³/mol. The molecule has 1 heterocycles. The van der Waals surface area contributed by atoms with Gasteiger partial charge < -0.3 is 10.6 Å². The van der Waals surface area contributed by atoms with Crippen molar-refractivity contribution >= 4 is 11.4 Å². The average Bonchev–Trinajstić information content (AvgIpc) is 2.44. The summed E-state index contributed by atoms with van der Waals surface area (Å²) in [5, 5.41) is 0. The van der Waals surface area contributed by atoms with Gasteiger partial charge in [-0.25, -0.2) is 0 Å². The van der Waals surface area contributed by atoms with Gasteiger partial charge in [0.2, 0.25) is 0 Å². The van der Waals surface area contributed by atoms with Crippen LogP contribution in [0.15, 0.2) is 30.5 Å². The highest BCUT2D eigenvalue weighted by atomic mass is 15.1. The zero-order chi connectivity index (χ0) is 14.7. The molecular formula is C17H23N3. The third-order valence-electron chi connectivity index (χ3n) is 3.76. The Morgan fingerprint density at radius 1 is 1.20 bits per heavy atom. The topological polar surface area (TPSA) is 42.2 Å². The summed E-state index contributed by atoms with van der Waals surface area (Å²) >= 11 is 0. The van der Waals surface area contributed by atoms with Gasteiger partial charge in [0.05, 0.1) is 12.2 Å². The first-order valence-corrected chi connectivity index (χ1v) is 7.05. The van der Waals surface area contributed by atoms with Crippen LogP contribution in [0.5, 0.6) is 0 Å². The van der Waals surface area contributed by atoms with Crippen LogP contribution in [-0.2, 0) is 6.54 Å². The van der Waals surface area contributed by atoms with Crippen LogP contribution < -0.4 is 10.6 Å². The summed E-state index contributed by atoms with van der Waals surface area (Å²) < 4.78 is 0. The summed E-state index contributed by atoms with van der Waals surface area (Å²) in [5.74, 6) is 0. The van der Waals surface area contributed by atoms with Crippen LogP contribution in [-0.4, -0.2) is 11.5 Å². The fourth-order valence-corrected chi connectivity index (χ4v) is 2.34. The van der Waals surface area contributed by atoms with E-state index in [4.69, 9.17) is 5.73 Å². The first-order chi connectivity index (χ1) is 9.52. The lowest BCUT2D eigenvalue weighted by Gasteiger charge is -2.24. The van der Waals surface area contributed by atoms with Gasteiger partial charge in [-0.1, -0.05) is 12.1 Å². The molecule has 0 amide bonds. The van der Waals surface area contributed by atoms with Crippen LogP contribution in [0, 0.1) is 20.8 Å². The summed E-state index contributed by atoms with van der Waals surface area (Å²) in [6.07, 6.45) is 1.86. The molecule has 0 bridgehead atoms. The second-order valence-electron chi connectivity index (χ2n) is 5.28. The third-order valence-corrected chi connectivity index (χ3v) is 3.76. The van der Waals surface area contributed by atoms with Crippen LogP contribution in [0.4, 0.5) is 11.4 Å². The molecule has 2 N–H and O–H groups in total. The molecule has 0 aliphatic carbocycles. The number of aromatic nitrogens is 1. The number of anilines is 2. The van der Waals surface area contributed by atoms with Crippen LogP contribution in [0.25, 0.3) is 0 Å². The molecule has 0 aliphatic rings. The summed E-state index contributed by atoms with van der Waals surface area (Å²) in [6, 6.07) is 8.56. The van der Waals surface area contributed by atoms with E-state index in [1.165, 1.54) is 11.3 Å². The summed E-state index contributed by atoms with van der Waals surface area (Å²) in [6.45, 7) is 10.1. The van der Waals surface area contributed by atoms with E-state index in [0.29, 0.717) is 0 Å². The monoisotopic (exact) mass is 269 g/mol. The van der Waals surface area contributed by atoms with E-state index in [1.807, 2.05) is 13.1 Å². The van der Waals surface area contributed by atoms with Gasteiger partial charge in [0, 0.05) is 24.1 Å². The van der Waals surface area contributed by atoms with Crippen LogP contribution in [0.3, 0.4) is 0 Å². The van der Waals surface area contributed by atoms with E-state index >= 15 is 0 Å². The molecule has 0 unspecified atom stereocenters. The van der Waals surface area contributed by atoms with Gasteiger partial charge in [0.25, 0.3) is 0 Å². The number of nitrogens with two attached hydrogens (primary N) is 1. The highest BCUT2D eigenvalue weighted by Crippen LogP contribution is 2.22. The first kappa shape index (κ1) is 14.4. The normalized spacial score (nSPS) is 10.6. The molecule has 2 rings (SSSR count). The number of benzene rings is 1. The summed E-state index contributed by atoms with van der Waals surface area (Å²) in [5.41, 5.74) is 12.7. The fraction of sp³-hybridized carbons (Fsp3) is 0.353. The highest BCUT2D eigenvalue weighted by molar-refractivity contribution is 5.55. The molecule has 3 nitrogen and oxygen atoms in total. The minimum atomic E-state index is 0.788. The Hall–Kier alpha value is -2.03. The van der Waals surface area contributed by atoms with E-state index in [0.717, 1.165) is 35.6 Å². The molecule has 106 valence electrons. The molecule has 1 aromatic carbocycles. The van der Waals surface area contributed by atoms with Gasteiger partial charge in [-0.3, -0.25) is 4.98 Å². The number of pyridine rings is 1. The highest BCUT2D eigenvalue weighted by Gasteiger charge is 2.11. The van der Waals surface area contributed by atoms with Gasteiger partial charge in [-0.15, -0.1) is 0 Å². The van der Waals surface area contributed by atoms with Gasteiger partial charge >= 0.3 is 0 Å². The number of rotatable bonds is 4. The van der Waals surface area contributed by atoms with Crippen molar-refractivity contribution in [2.75, 3.05) is 17.2 Å². The maximum absolute atomic E-state index is 6.10. The van der Waals surface area contributed by atoms with Crippen molar-refractivity contribution in [3.05, 3.63) is 52.8 Å². The lowest BCUT2D eigenvalue weighted by molar-refractivity contribution is 0.802. The maximum atomic E-state index is 6.10. The van der Waals surface area contributed by atoms with Gasteiger partial charge in [0.15, 0.2) is 0 Å². The van der Waals surface area contributed by atoms with Gasteiger partial charge in [0.1, 0.15) is 0 Å². The Bertz CT molecular complexity index is 605. The standard InChI is InChI=1S/C17H23N3/c1-5-20(15-8-6-7-12(2)9-15)11-16-14(4)17(18)13(3)10-19-16/h6-10H,5,11H2,1-4H3,(H2,18,19). The number of nitrogens with zero attached hydrogens (tertiary/aromatic N) is 2. The quantitative estimate of drug-likeness (QED) is 0.922. The average molecular weight is 269 g/mol. The Balaban J connectivity index is 2.29. The van der Waals surface area contributed by atoms with Crippen molar-refractivity contribution in [1.29, 1.82) is 0 Å². The van der Waals surface area contributed by atoms with Crippen molar-refractivity contribution < 1.29 is 0 Å². The largest absolute Gasteiger partial charge is 0.398 e. The molecule has 0 spiro atoms. The van der Waals surface area contributed by atoms with E-state index < -0.39 is 0 Å². The van der Waals surface area contributed by atoms with Gasteiger partial charge in [-0.2, -0.15) is 0 Å². The number of nitrogen functional groups attached to an aromatic ring is 1. The zero-order valence-electron chi connectivity index (χ0n) is 12.8. The van der Waals surface area contributed by atoms with Crippen LogP contribution in [0.1, 0.15) is 29.3 Å². The fourth-order valence-electron chi connectivity index (χ4n) is 2.34. The van der Waals surface area contributed by atoms with Gasteiger partial charge in [-0.05, 0) is 56.5 Å². The van der Waals surface area contributed by atoms with Crippen molar-refractivity contribution in [2.24, 2.45) is 0 Å². The van der Waals surface area contributed by atoms with E-state index in [1.54, 1.807) is 0 Å². The maximum Gasteiger partial charge on any atom is 0.0646 e. The first-order valence-electron chi connectivity index (χ1n) is 7.05. The molecule has 0 radical (unpaired) electrons. The summed E-state index contributed by atoms with van der Waals surface area (Å²) in [7, 11) is 0. The Morgan fingerprint density at radius 2 is 1.95 bits per heavy atom. The molecule has 1 aromatic heterocycles. The molecule has 0 saturated heterocycles.